The van der Waals surface area contributed by atoms with Crippen LogP contribution in [0.1, 0.15) is 24.2 Å². The number of anilines is 1. The van der Waals surface area contributed by atoms with Crippen LogP contribution in [0.5, 0.6) is 0 Å². The van der Waals surface area contributed by atoms with E-state index in [1.165, 1.54) is 17.0 Å². The molecule has 0 aromatic heterocycles. The van der Waals surface area contributed by atoms with Gasteiger partial charge in [0.15, 0.2) is 6.61 Å². The number of para-hydroxylation sites is 1. The van der Waals surface area contributed by atoms with Gasteiger partial charge in [-0.2, -0.15) is 0 Å². The zero-order valence-corrected chi connectivity index (χ0v) is 15.0. The molecule has 0 atom stereocenters. The summed E-state index contributed by atoms with van der Waals surface area (Å²) < 4.78 is 5.02. The average Bonchev–Trinajstić information content (AvgIpc) is 2.60. The summed E-state index contributed by atoms with van der Waals surface area (Å²) >= 11 is 5.90. The molecule has 0 heterocycles. The van der Waals surface area contributed by atoms with Crippen molar-refractivity contribution in [3.63, 3.8) is 0 Å². The highest BCUT2D eigenvalue weighted by Crippen LogP contribution is 2.23. The first kappa shape index (κ1) is 19.4. The highest BCUT2D eigenvalue weighted by Gasteiger charge is 2.22. The quantitative estimate of drug-likeness (QED) is 0.434. The molecule has 0 N–H and O–H groups in total. The monoisotopic (exact) mass is 376 g/mol. The lowest BCUT2D eigenvalue weighted by molar-refractivity contribution is -0.384. The molecule has 1 amide bonds. The normalized spacial score (nSPS) is 10.5. The maximum absolute atomic E-state index is 12.5. The van der Waals surface area contributed by atoms with E-state index in [1.54, 1.807) is 24.3 Å². The zero-order valence-electron chi connectivity index (χ0n) is 14.2. The number of carbonyl (C=O) groups excluding carboxylic acids is 2. The van der Waals surface area contributed by atoms with Crippen molar-refractivity contribution in [3.8, 4) is 0 Å². The summed E-state index contributed by atoms with van der Waals surface area (Å²) in [6, 6.07) is 12.3. The van der Waals surface area contributed by atoms with Crippen LogP contribution in [0.2, 0.25) is 5.02 Å². The van der Waals surface area contributed by atoms with Gasteiger partial charge in [0.2, 0.25) is 0 Å². The van der Waals surface area contributed by atoms with E-state index in [9.17, 15) is 19.7 Å². The molecule has 0 saturated carbocycles. The van der Waals surface area contributed by atoms with Crippen molar-refractivity contribution in [2.45, 2.75) is 19.9 Å². The number of nitro groups is 1. The van der Waals surface area contributed by atoms with Crippen molar-refractivity contribution in [3.05, 3.63) is 69.2 Å². The van der Waals surface area contributed by atoms with Gasteiger partial charge in [-0.15, -0.1) is 0 Å². The van der Waals surface area contributed by atoms with E-state index < -0.39 is 23.4 Å². The van der Waals surface area contributed by atoms with E-state index in [1.807, 2.05) is 19.9 Å². The molecular weight excluding hydrogens is 360 g/mol. The second kappa shape index (κ2) is 8.44. The lowest BCUT2D eigenvalue weighted by Crippen LogP contribution is -2.39. The summed E-state index contributed by atoms with van der Waals surface area (Å²) in [5.74, 6) is -1.31. The summed E-state index contributed by atoms with van der Waals surface area (Å²) in [5.41, 5.74) is 0.224. The van der Waals surface area contributed by atoms with Crippen LogP contribution >= 0.6 is 11.6 Å². The van der Waals surface area contributed by atoms with Crippen LogP contribution in [0, 0.1) is 10.1 Å². The van der Waals surface area contributed by atoms with E-state index in [0.717, 1.165) is 6.07 Å². The van der Waals surface area contributed by atoms with E-state index in [4.69, 9.17) is 16.3 Å². The molecule has 2 rings (SSSR count). The smallest absolute Gasteiger partial charge is 0.340 e. The Morgan fingerprint density at radius 2 is 1.85 bits per heavy atom. The van der Waals surface area contributed by atoms with Gasteiger partial charge in [-0.05, 0) is 32.0 Å². The molecule has 7 nitrogen and oxygen atoms in total. The van der Waals surface area contributed by atoms with Crippen molar-refractivity contribution in [2.24, 2.45) is 0 Å². The summed E-state index contributed by atoms with van der Waals surface area (Å²) in [6.07, 6.45) is 0. The molecular formula is C18H17ClN2O5. The van der Waals surface area contributed by atoms with Crippen LogP contribution in [-0.4, -0.2) is 29.4 Å². The second-order valence-electron chi connectivity index (χ2n) is 5.69. The largest absolute Gasteiger partial charge is 0.452 e. The number of carbonyl (C=O) groups is 2. The predicted octanol–water partition coefficient (Wildman–Crippen LogP) is 3.85. The Labute approximate surface area is 155 Å². The lowest BCUT2D eigenvalue weighted by atomic mass is 10.2. The molecule has 136 valence electrons. The maximum atomic E-state index is 12.5. The molecule has 0 bridgehead atoms. The number of hydrogen-bond acceptors (Lipinski definition) is 5. The van der Waals surface area contributed by atoms with E-state index in [-0.39, 0.29) is 22.3 Å². The summed E-state index contributed by atoms with van der Waals surface area (Å²) in [5, 5.41) is 10.8. The Morgan fingerprint density at radius 1 is 1.19 bits per heavy atom. The minimum atomic E-state index is -0.899. The summed E-state index contributed by atoms with van der Waals surface area (Å²) in [4.78, 5) is 36.3. The predicted molar refractivity (Wildman–Crippen MR) is 97.5 cm³/mol. The number of halogens is 1. The van der Waals surface area contributed by atoms with Crippen LogP contribution in [0.15, 0.2) is 48.5 Å². The molecule has 0 spiro atoms. The standard InChI is InChI=1S/C18H17ClN2O5/c1-12(2)20(13-6-4-3-5-7-13)17(22)11-26-18(23)15-10-14(21(24)25)8-9-16(15)19/h3-10,12H,11H2,1-2H3. The Balaban J connectivity index is 2.12. The van der Waals surface area contributed by atoms with E-state index >= 15 is 0 Å². The highest BCUT2D eigenvalue weighted by atomic mass is 35.5. The third-order valence-corrected chi connectivity index (χ3v) is 3.86. The number of rotatable bonds is 6. The van der Waals surface area contributed by atoms with Crippen molar-refractivity contribution in [2.75, 3.05) is 11.5 Å². The van der Waals surface area contributed by atoms with Crippen molar-refractivity contribution in [1.29, 1.82) is 0 Å². The van der Waals surface area contributed by atoms with Gasteiger partial charge in [0, 0.05) is 23.9 Å². The van der Waals surface area contributed by atoms with Crippen LogP contribution in [-0.2, 0) is 9.53 Å². The fourth-order valence-electron chi connectivity index (χ4n) is 2.38. The van der Waals surface area contributed by atoms with Crippen LogP contribution in [0.3, 0.4) is 0 Å². The third-order valence-electron chi connectivity index (χ3n) is 3.53. The Hall–Kier alpha value is -2.93. The Bertz CT molecular complexity index is 824. The van der Waals surface area contributed by atoms with Crippen molar-refractivity contribution >= 4 is 34.9 Å². The van der Waals surface area contributed by atoms with Crippen molar-refractivity contribution in [1.82, 2.24) is 0 Å². The SMILES string of the molecule is CC(C)N(C(=O)COC(=O)c1cc([N+](=O)[O-])ccc1Cl)c1ccccc1. The molecule has 0 aliphatic rings. The fourth-order valence-corrected chi connectivity index (χ4v) is 2.57. The fraction of sp³-hybridized carbons (Fsp3) is 0.222. The molecule has 2 aromatic carbocycles. The second-order valence-corrected chi connectivity index (χ2v) is 6.10. The summed E-state index contributed by atoms with van der Waals surface area (Å²) in [7, 11) is 0. The van der Waals surface area contributed by atoms with Gasteiger partial charge in [0.05, 0.1) is 15.5 Å². The molecule has 0 saturated heterocycles. The first-order valence-corrected chi connectivity index (χ1v) is 8.17. The molecule has 0 aliphatic heterocycles. The highest BCUT2D eigenvalue weighted by molar-refractivity contribution is 6.33. The van der Waals surface area contributed by atoms with Gasteiger partial charge in [0.1, 0.15) is 0 Å². The minimum Gasteiger partial charge on any atom is -0.452 e. The lowest BCUT2D eigenvalue weighted by Gasteiger charge is -2.26. The molecule has 26 heavy (non-hydrogen) atoms. The first-order valence-electron chi connectivity index (χ1n) is 7.79. The van der Waals surface area contributed by atoms with E-state index in [0.29, 0.717) is 5.69 Å². The third kappa shape index (κ3) is 4.58. The van der Waals surface area contributed by atoms with Crippen LogP contribution in [0.25, 0.3) is 0 Å². The minimum absolute atomic E-state index is 0.0109. The van der Waals surface area contributed by atoms with Gasteiger partial charge < -0.3 is 9.64 Å². The maximum Gasteiger partial charge on any atom is 0.340 e. The first-order chi connectivity index (χ1) is 12.3. The van der Waals surface area contributed by atoms with Gasteiger partial charge in [-0.1, -0.05) is 29.8 Å². The Kier molecular flexibility index (Phi) is 6.30. The molecule has 8 heteroatoms. The van der Waals surface area contributed by atoms with Gasteiger partial charge in [0.25, 0.3) is 11.6 Å². The van der Waals surface area contributed by atoms with Crippen LogP contribution in [0.4, 0.5) is 11.4 Å². The van der Waals surface area contributed by atoms with Gasteiger partial charge in [-0.25, -0.2) is 4.79 Å². The molecule has 2 aromatic rings. The number of benzene rings is 2. The number of amides is 1. The number of ether oxygens (including phenoxy) is 1. The number of nitro benzene ring substituents is 1. The van der Waals surface area contributed by atoms with Gasteiger partial charge in [-0.3, -0.25) is 14.9 Å². The topological polar surface area (TPSA) is 89.8 Å². The number of hydrogen-bond donors (Lipinski definition) is 0. The molecule has 0 unspecified atom stereocenters. The van der Waals surface area contributed by atoms with Crippen molar-refractivity contribution < 1.29 is 19.2 Å². The molecule has 0 radical (unpaired) electrons. The zero-order chi connectivity index (χ0) is 19.3. The van der Waals surface area contributed by atoms with E-state index in [2.05, 4.69) is 0 Å². The number of nitrogens with zero attached hydrogens (tertiary/aromatic N) is 2. The average molecular weight is 377 g/mol. The molecule has 0 aliphatic carbocycles. The number of esters is 1. The number of non-ortho nitro benzene ring substituents is 1. The summed E-state index contributed by atoms with van der Waals surface area (Å²) in [6.45, 7) is 3.17. The molecule has 0 fully saturated rings. The van der Waals surface area contributed by atoms with Crippen LogP contribution < -0.4 is 4.90 Å². The van der Waals surface area contributed by atoms with Gasteiger partial charge >= 0.3 is 5.97 Å². The Morgan fingerprint density at radius 3 is 2.42 bits per heavy atom.